The highest BCUT2D eigenvalue weighted by Gasteiger charge is 2.17. The Kier molecular flexibility index (Phi) is 12.0. The van der Waals surface area contributed by atoms with Crippen LogP contribution in [0, 0.1) is 0 Å². The third-order valence-electron chi connectivity index (χ3n) is 6.70. The number of aliphatic hydroxyl groups excluding tert-OH is 1. The van der Waals surface area contributed by atoms with Gasteiger partial charge in [0.2, 0.25) is 5.76 Å². The maximum atomic E-state index is 12.3. The fourth-order valence-corrected chi connectivity index (χ4v) is 5.55. The Morgan fingerprint density at radius 3 is 2.26 bits per heavy atom. The van der Waals surface area contributed by atoms with Gasteiger partial charge < -0.3 is 14.6 Å². The Bertz CT molecular complexity index is 1260. The van der Waals surface area contributed by atoms with Crippen molar-refractivity contribution in [2.75, 3.05) is 0 Å². The van der Waals surface area contributed by atoms with Crippen LogP contribution in [0.4, 0.5) is 0 Å². The van der Waals surface area contributed by atoms with Crippen molar-refractivity contribution in [1.82, 2.24) is 0 Å². The molecule has 0 fully saturated rings. The van der Waals surface area contributed by atoms with Gasteiger partial charge in [0.1, 0.15) is 11.3 Å². The maximum absolute atomic E-state index is 12.3. The van der Waals surface area contributed by atoms with Gasteiger partial charge in [-0.25, -0.2) is 4.79 Å². The van der Waals surface area contributed by atoms with Crippen molar-refractivity contribution in [3.63, 3.8) is 0 Å². The van der Waals surface area contributed by atoms with E-state index < -0.39 is 5.97 Å². The Labute approximate surface area is 230 Å². The van der Waals surface area contributed by atoms with Gasteiger partial charge in [-0.15, -0.1) is 11.8 Å². The number of benzene rings is 2. The van der Waals surface area contributed by atoms with E-state index in [9.17, 15) is 19.8 Å². The molecule has 0 saturated heterocycles. The van der Waals surface area contributed by atoms with Gasteiger partial charge in [0, 0.05) is 11.0 Å². The van der Waals surface area contributed by atoms with Crippen LogP contribution in [0.5, 0.6) is 0 Å². The Morgan fingerprint density at radius 2 is 1.58 bits per heavy atom. The van der Waals surface area contributed by atoms with E-state index in [1.165, 1.54) is 61.4 Å². The second-order valence-corrected chi connectivity index (χ2v) is 11.1. The summed E-state index contributed by atoms with van der Waals surface area (Å²) in [4.78, 5) is 24.4. The molecule has 0 aliphatic heterocycles. The molecule has 0 aliphatic carbocycles. The number of allylic oxidation sites excluding steroid dienone is 1. The first-order valence-electron chi connectivity index (χ1n) is 13.9. The van der Waals surface area contributed by atoms with Crippen LogP contribution in [0.25, 0.3) is 11.0 Å². The second-order valence-electron chi connectivity index (χ2n) is 9.84. The average molecular weight is 537 g/mol. The van der Waals surface area contributed by atoms with Crippen molar-refractivity contribution < 1.29 is 19.4 Å². The standard InChI is InChI=1S/C32H40O5S/c1-3-5-7-8-9-10-11-23-13-15-24(16-14-23)17-20-31(27(33)12-6-4-2)38-25-18-19-26-28(34)22-30(32(35)36)37-29(26)21-25/h12-16,18-19,21-22,31,33H,3-11,17,20H2,1-2H3,(H,35,36)/t31-/m0/s1. The smallest absolute Gasteiger partial charge is 0.371 e. The van der Waals surface area contributed by atoms with Crippen LogP contribution in [0.2, 0.25) is 0 Å². The highest BCUT2D eigenvalue weighted by Crippen LogP contribution is 2.32. The maximum Gasteiger partial charge on any atom is 0.371 e. The molecule has 0 radical (unpaired) electrons. The van der Waals surface area contributed by atoms with Crippen LogP contribution < -0.4 is 5.43 Å². The largest absolute Gasteiger partial charge is 0.511 e. The van der Waals surface area contributed by atoms with Crippen molar-refractivity contribution in [3.05, 3.63) is 87.5 Å². The molecule has 0 amide bonds. The Hall–Kier alpha value is -2.99. The molecule has 0 saturated carbocycles. The van der Waals surface area contributed by atoms with Crippen LogP contribution in [-0.2, 0) is 12.8 Å². The fourth-order valence-electron chi connectivity index (χ4n) is 4.45. The number of fused-ring (bicyclic) bond motifs is 1. The monoisotopic (exact) mass is 536 g/mol. The number of rotatable bonds is 16. The van der Waals surface area contributed by atoms with E-state index in [1.807, 2.05) is 12.1 Å². The fraction of sp³-hybridized carbons (Fsp3) is 0.438. The molecular formula is C32H40O5S. The third kappa shape index (κ3) is 9.09. The summed E-state index contributed by atoms with van der Waals surface area (Å²) in [6.45, 7) is 4.32. The molecule has 3 rings (SSSR count). The van der Waals surface area contributed by atoms with Crippen molar-refractivity contribution in [2.24, 2.45) is 0 Å². The van der Waals surface area contributed by atoms with Gasteiger partial charge in [0.05, 0.1) is 10.6 Å². The van der Waals surface area contributed by atoms with Gasteiger partial charge in [-0.2, -0.15) is 0 Å². The number of aromatic carboxylic acids is 1. The summed E-state index contributed by atoms with van der Waals surface area (Å²) in [5.41, 5.74) is 2.46. The first-order valence-corrected chi connectivity index (χ1v) is 14.7. The lowest BCUT2D eigenvalue weighted by atomic mass is 10.0. The molecule has 204 valence electrons. The lowest BCUT2D eigenvalue weighted by molar-refractivity contribution is 0.0663. The molecular weight excluding hydrogens is 496 g/mol. The van der Waals surface area contributed by atoms with E-state index in [4.69, 9.17) is 4.42 Å². The van der Waals surface area contributed by atoms with Gasteiger partial charge in [0.15, 0.2) is 5.43 Å². The van der Waals surface area contributed by atoms with Gasteiger partial charge in [-0.05, 0) is 67.5 Å². The van der Waals surface area contributed by atoms with Crippen LogP contribution in [0.15, 0.2) is 74.5 Å². The Morgan fingerprint density at radius 1 is 0.895 bits per heavy atom. The molecule has 1 aromatic heterocycles. The zero-order valence-electron chi connectivity index (χ0n) is 22.6. The van der Waals surface area contributed by atoms with Crippen LogP contribution in [-0.4, -0.2) is 21.4 Å². The molecule has 0 unspecified atom stereocenters. The van der Waals surface area contributed by atoms with Crippen LogP contribution >= 0.6 is 11.8 Å². The van der Waals surface area contributed by atoms with Gasteiger partial charge in [0.25, 0.3) is 0 Å². The zero-order valence-corrected chi connectivity index (χ0v) is 23.4. The van der Waals surface area contributed by atoms with E-state index in [-0.39, 0.29) is 22.0 Å². The predicted molar refractivity (Wildman–Crippen MR) is 157 cm³/mol. The number of aryl methyl sites for hydroxylation is 2. The quantitative estimate of drug-likeness (QED) is 0.108. The molecule has 2 aromatic carbocycles. The second kappa shape index (κ2) is 15.4. The zero-order chi connectivity index (χ0) is 27.3. The minimum atomic E-state index is -1.28. The van der Waals surface area contributed by atoms with E-state index in [0.29, 0.717) is 11.1 Å². The molecule has 1 atom stereocenters. The van der Waals surface area contributed by atoms with Gasteiger partial charge >= 0.3 is 5.97 Å². The number of unbranched alkanes of at least 4 members (excludes halogenated alkanes) is 6. The van der Waals surface area contributed by atoms with E-state index in [0.717, 1.165) is 43.1 Å². The minimum Gasteiger partial charge on any atom is -0.511 e. The van der Waals surface area contributed by atoms with Crippen molar-refractivity contribution in [1.29, 1.82) is 0 Å². The summed E-state index contributed by atoms with van der Waals surface area (Å²) >= 11 is 1.50. The number of carbonyl (C=O) groups is 1. The normalized spacial score (nSPS) is 12.6. The number of thioether (sulfide) groups is 1. The molecule has 3 aromatic rings. The molecule has 2 N–H and O–H groups in total. The number of carboxylic acids is 1. The Balaban J connectivity index is 1.66. The summed E-state index contributed by atoms with van der Waals surface area (Å²) < 4.78 is 5.45. The van der Waals surface area contributed by atoms with Gasteiger partial charge in [-0.3, -0.25) is 4.79 Å². The lowest BCUT2D eigenvalue weighted by Gasteiger charge is -2.17. The number of aliphatic hydroxyl groups is 1. The van der Waals surface area contributed by atoms with Gasteiger partial charge in [-0.1, -0.05) is 76.6 Å². The van der Waals surface area contributed by atoms with Crippen molar-refractivity contribution in [3.8, 4) is 0 Å². The molecule has 1 heterocycles. The first-order chi connectivity index (χ1) is 18.4. The SMILES string of the molecule is CCCC=C(O)[C@H](CCc1ccc(CCCCCCCC)cc1)Sc1ccc2c(=O)cc(C(=O)O)oc2c1. The first kappa shape index (κ1) is 29.6. The predicted octanol–water partition coefficient (Wildman–Crippen LogP) is 8.73. The van der Waals surface area contributed by atoms with E-state index in [1.54, 1.807) is 12.1 Å². The third-order valence-corrected chi connectivity index (χ3v) is 7.99. The highest BCUT2D eigenvalue weighted by atomic mass is 32.2. The molecule has 5 nitrogen and oxygen atoms in total. The van der Waals surface area contributed by atoms with Crippen LogP contribution in [0.1, 0.15) is 93.3 Å². The van der Waals surface area contributed by atoms with E-state index >= 15 is 0 Å². The lowest BCUT2D eigenvalue weighted by Crippen LogP contribution is -2.09. The summed E-state index contributed by atoms with van der Waals surface area (Å²) in [7, 11) is 0. The molecule has 0 bridgehead atoms. The summed E-state index contributed by atoms with van der Waals surface area (Å²) in [6, 6.07) is 15.0. The molecule has 38 heavy (non-hydrogen) atoms. The van der Waals surface area contributed by atoms with Crippen molar-refractivity contribution >= 4 is 28.7 Å². The summed E-state index contributed by atoms with van der Waals surface area (Å²) in [5, 5.41) is 20.3. The molecule has 0 aliphatic rings. The number of hydrogen-bond acceptors (Lipinski definition) is 5. The van der Waals surface area contributed by atoms with E-state index in [2.05, 4.69) is 38.1 Å². The minimum absolute atomic E-state index is 0.170. The summed E-state index contributed by atoms with van der Waals surface area (Å²) in [5.74, 6) is -1.32. The topological polar surface area (TPSA) is 87.7 Å². The molecule has 0 spiro atoms. The average Bonchev–Trinajstić information content (AvgIpc) is 2.92. The number of hydrogen-bond donors (Lipinski definition) is 2. The summed E-state index contributed by atoms with van der Waals surface area (Å²) in [6.07, 6.45) is 14.1. The van der Waals surface area contributed by atoms with Crippen LogP contribution in [0.3, 0.4) is 0 Å². The highest BCUT2D eigenvalue weighted by molar-refractivity contribution is 8.00. The van der Waals surface area contributed by atoms with Crippen molar-refractivity contribution in [2.45, 2.75) is 94.6 Å². The number of carboxylic acid groups (broad SMARTS) is 1. The molecule has 6 heteroatoms.